The zero-order valence-electron chi connectivity index (χ0n) is 17.2. The van der Waals surface area contributed by atoms with Crippen LogP contribution in [0.2, 0.25) is 0 Å². The van der Waals surface area contributed by atoms with Gasteiger partial charge in [0, 0.05) is 43.7 Å². The van der Waals surface area contributed by atoms with Crippen molar-refractivity contribution in [2.75, 3.05) is 11.9 Å². The van der Waals surface area contributed by atoms with Gasteiger partial charge in [-0.3, -0.25) is 14.6 Å². The first kappa shape index (κ1) is 20.5. The number of nitrogens with one attached hydrogen (secondary N) is 2. The fourth-order valence-electron chi connectivity index (χ4n) is 3.51. The molecule has 2 N–H and O–H groups in total. The van der Waals surface area contributed by atoms with Gasteiger partial charge in [-0.05, 0) is 49.1 Å². The van der Waals surface area contributed by atoms with Crippen molar-refractivity contribution in [3.63, 3.8) is 0 Å². The fraction of sp³-hybridized carbons (Fsp3) is 0.318. The number of carbonyl (C=O) groups excluding carboxylic acids is 2. The smallest absolute Gasteiger partial charge is 0.313 e. The minimum Gasteiger partial charge on any atom is -0.489 e. The van der Waals surface area contributed by atoms with Crippen molar-refractivity contribution < 1.29 is 14.3 Å². The third kappa shape index (κ3) is 5.25. The lowest BCUT2D eigenvalue weighted by atomic mass is 9.99. The Labute approximate surface area is 179 Å². The molecule has 0 bridgehead atoms. The molecular formula is C22H24N6O3. The molecule has 2 amide bonds. The summed E-state index contributed by atoms with van der Waals surface area (Å²) in [6.45, 7) is 3.47. The summed E-state index contributed by atoms with van der Waals surface area (Å²) in [5.41, 5.74) is 1.48. The van der Waals surface area contributed by atoms with E-state index in [1.54, 1.807) is 36.7 Å². The van der Waals surface area contributed by atoms with Gasteiger partial charge in [0.1, 0.15) is 24.0 Å². The number of fused-ring (bicyclic) bond motifs is 1. The van der Waals surface area contributed by atoms with Crippen molar-refractivity contribution in [1.29, 1.82) is 0 Å². The number of benzene rings is 1. The maximum absolute atomic E-state index is 12.3. The first-order chi connectivity index (χ1) is 15.1. The van der Waals surface area contributed by atoms with Crippen LogP contribution in [0.3, 0.4) is 0 Å². The molecule has 0 fully saturated rings. The van der Waals surface area contributed by atoms with Crippen LogP contribution in [0.4, 0.5) is 5.69 Å². The molecule has 160 valence electrons. The summed E-state index contributed by atoms with van der Waals surface area (Å²) in [5.74, 6) is 1.32. The molecule has 0 spiro atoms. The Balaban J connectivity index is 1.26. The number of pyridine rings is 1. The van der Waals surface area contributed by atoms with Crippen molar-refractivity contribution >= 4 is 17.5 Å². The van der Waals surface area contributed by atoms with Crippen LogP contribution in [0.1, 0.15) is 23.6 Å². The normalized spacial score (nSPS) is 15.1. The van der Waals surface area contributed by atoms with Crippen LogP contribution in [0.15, 0.2) is 48.8 Å². The van der Waals surface area contributed by atoms with E-state index in [0.29, 0.717) is 24.6 Å². The van der Waals surface area contributed by atoms with Crippen molar-refractivity contribution in [2.45, 2.75) is 32.9 Å². The molecule has 1 aliphatic rings. The highest BCUT2D eigenvalue weighted by Crippen LogP contribution is 2.20. The number of hydrogen-bond acceptors (Lipinski definition) is 6. The molecule has 3 heterocycles. The van der Waals surface area contributed by atoms with Gasteiger partial charge >= 0.3 is 11.8 Å². The first-order valence-electron chi connectivity index (χ1n) is 10.2. The molecule has 1 aromatic carbocycles. The minimum atomic E-state index is -0.705. The first-order valence-corrected chi connectivity index (χ1v) is 10.2. The standard InChI is InChI=1S/C22H24N6O3/c1-15-26-27-20-6-5-17(13-28(15)20)12-24-21(29)22(30)25-18-3-2-4-19(11-18)31-14-16-7-9-23-10-8-16/h2-4,7-11,17H,5-6,12-14H2,1H3,(H,24,29)(H,25,30). The van der Waals surface area contributed by atoms with Crippen molar-refractivity contribution in [2.24, 2.45) is 5.92 Å². The lowest BCUT2D eigenvalue weighted by Gasteiger charge is -2.24. The van der Waals surface area contributed by atoms with Crippen molar-refractivity contribution in [3.8, 4) is 5.75 Å². The van der Waals surface area contributed by atoms with E-state index in [1.165, 1.54) is 0 Å². The summed E-state index contributed by atoms with van der Waals surface area (Å²) >= 11 is 0. The van der Waals surface area contributed by atoms with Crippen LogP contribution in [0.25, 0.3) is 0 Å². The molecule has 31 heavy (non-hydrogen) atoms. The van der Waals surface area contributed by atoms with Gasteiger partial charge in [0.2, 0.25) is 0 Å². The summed E-state index contributed by atoms with van der Waals surface area (Å²) in [7, 11) is 0. The van der Waals surface area contributed by atoms with Crippen LogP contribution >= 0.6 is 0 Å². The summed E-state index contributed by atoms with van der Waals surface area (Å²) in [4.78, 5) is 28.5. The summed E-state index contributed by atoms with van der Waals surface area (Å²) < 4.78 is 7.81. The van der Waals surface area contributed by atoms with Gasteiger partial charge in [-0.15, -0.1) is 10.2 Å². The Bertz CT molecular complexity index is 1070. The largest absolute Gasteiger partial charge is 0.489 e. The van der Waals surface area contributed by atoms with E-state index in [2.05, 4.69) is 30.4 Å². The van der Waals surface area contributed by atoms with Gasteiger partial charge in [-0.25, -0.2) is 0 Å². The molecule has 2 aromatic heterocycles. The maximum atomic E-state index is 12.3. The molecule has 9 nitrogen and oxygen atoms in total. The van der Waals surface area contributed by atoms with Crippen molar-refractivity contribution in [3.05, 3.63) is 66.0 Å². The molecule has 1 unspecified atom stereocenters. The average Bonchev–Trinajstić information content (AvgIpc) is 3.17. The Morgan fingerprint density at radius 2 is 2.00 bits per heavy atom. The van der Waals surface area contributed by atoms with Gasteiger partial charge in [-0.2, -0.15) is 0 Å². The van der Waals surface area contributed by atoms with Crippen LogP contribution in [0.5, 0.6) is 5.75 Å². The summed E-state index contributed by atoms with van der Waals surface area (Å²) in [5, 5.41) is 13.6. The second-order valence-corrected chi connectivity index (χ2v) is 7.51. The van der Waals surface area contributed by atoms with Gasteiger partial charge < -0.3 is 19.9 Å². The summed E-state index contributed by atoms with van der Waals surface area (Å²) in [6.07, 6.45) is 5.12. The molecule has 1 aliphatic heterocycles. The third-order valence-corrected chi connectivity index (χ3v) is 5.23. The highest BCUT2D eigenvalue weighted by Gasteiger charge is 2.23. The molecular weight excluding hydrogens is 396 g/mol. The number of carbonyl (C=O) groups is 2. The van der Waals surface area contributed by atoms with E-state index in [9.17, 15) is 9.59 Å². The van der Waals surface area contributed by atoms with Gasteiger partial charge in [0.15, 0.2) is 0 Å². The highest BCUT2D eigenvalue weighted by molar-refractivity contribution is 6.39. The van der Waals surface area contributed by atoms with Crippen LogP contribution in [0, 0.1) is 12.8 Å². The Hall–Kier alpha value is -3.75. The molecule has 0 saturated carbocycles. The van der Waals surface area contributed by atoms with Gasteiger partial charge in [0.05, 0.1) is 0 Å². The van der Waals surface area contributed by atoms with Crippen molar-refractivity contribution in [1.82, 2.24) is 25.1 Å². The van der Waals surface area contributed by atoms with Crippen LogP contribution in [-0.2, 0) is 29.2 Å². The SMILES string of the molecule is Cc1nnc2n1CC(CNC(=O)C(=O)Nc1cccc(OCc3ccncc3)c1)CC2. The number of aromatic nitrogens is 4. The molecule has 1 atom stereocenters. The second-order valence-electron chi connectivity index (χ2n) is 7.51. The van der Waals surface area contributed by atoms with E-state index in [-0.39, 0.29) is 5.92 Å². The Morgan fingerprint density at radius 1 is 1.16 bits per heavy atom. The van der Waals surface area contributed by atoms with E-state index in [1.807, 2.05) is 19.1 Å². The topological polar surface area (TPSA) is 111 Å². The lowest BCUT2D eigenvalue weighted by molar-refractivity contribution is -0.136. The van der Waals surface area contributed by atoms with E-state index >= 15 is 0 Å². The van der Waals surface area contributed by atoms with E-state index in [4.69, 9.17) is 4.74 Å². The number of ether oxygens (including phenoxy) is 1. The molecule has 3 aromatic rings. The Morgan fingerprint density at radius 3 is 2.84 bits per heavy atom. The number of aryl methyl sites for hydroxylation is 2. The summed E-state index contributed by atoms with van der Waals surface area (Å²) in [6, 6.07) is 10.7. The second kappa shape index (κ2) is 9.38. The number of anilines is 1. The fourth-order valence-corrected chi connectivity index (χ4v) is 3.51. The molecule has 0 aliphatic carbocycles. The third-order valence-electron chi connectivity index (χ3n) is 5.23. The zero-order valence-corrected chi connectivity index (χ0v) is 17.2. The monoisotopic (exact) mass is 420 g/mol. The van der Waals surface area contributed by atoms with E-state index < -0.39 is 11.8 Å². The molecule has 0 radical (unpaired) electrons. The predicted octanol–water partition coefficient (Wildman–Crippen LogP) is 1.88. The Kier molecular flexibility index (Phi) is 6.21. The number of nitrogens with zero attached hydrogens (tertiary/aromatic N) is 4. The average molecular weight is 420 g/mol. The zero-order chi connectivity index (χ0) is 21.6. The quantitative estimate of drug-likeness (QED) is 0.589. The molecule has 0 saturated heterocycles. The van der Waals surface area contributed by atoms with Gasteiger partial charge in [-0.1, -0.05) is 6.07 Å². The van der Waals surface area contributed by atoms with Crippen LogP contribution < -0.4 is 15.4 Å². The predicted molar refractivity (Wildman–Crippen MR) is 113 cm³/mol. The molecule has 4 rings (SSSR count). The lowest BCUT2D eigenvalue weighted by Crippen LogP contribution is -2.40. The minimum absolute atomic E-state index is 0.240. The molecule has 9 heteroatoms. The number of amides is 2. The van der Waals surface area contributed by atoms with E-state index in [0.717, 1.165) is 36.6 Å². The number of rotatable bonds is 6. The maximum Gasteiger partial charge on any atom is 0.313 e. The van der Waals surface area contributed by atoms with Crippen LogP contribution in [-0.4, -0.2) is 38.1 Å². The van der Waals surface area contributed by atoms with Gasteiger partial charge in [0.25, 0.3) is 0 Å². The number of hydrogen-bond donors (Lipinski definition) is 2. The highest BCUT2D eigenvalue weighted by atomic mass is 16.5.